The quantitative estimate of drug-likeness (QED) is 0.375. The molecule has 34 heavy (non-hydrogen) atoms. The molecule has 2 aromatic carbocycles. The van der Waals surface area contributed by atoms with E-state index in [1.54, 1.807) is 11.3 Å². The number of nitrogens with one attached hydrogen (secondary N) is 1. The molecule has 5 rings (SSSR count). The first-order chi connectivity index (χ1) is 16.6. The molecule has 0 unspecified atom stereocenters. The van der Waals surface area contributed by atoms with Gasteiger partial charge in [-0.1, -0.05) is 35.5 Å². The van der Waals surface area contributed by atoms with Crippen LogP contribution in [0, 0.1) is 0 Å². The summed E-state index contributed by atoms with van der Waals surface area (Å²) in [6.45, 7) is 3.76. The average Bonchev–Trinajstić information content (AvgIpc) is 3.55. The molecule has 8 heteroatoms. The van der Waals surface area contributed by atoms with Gasteiger partial charge in [-0.2, -0.15) is 11.3 Å². The van der Waals surface area contributed by atoms with Crippen molar-refractivity contribution in [1.29, 1.82) is 0 Å². The summed E-state index contributed by atoms with van der Waals surface area (Å²) in [6.07, 6.45) is 3.89. The van der Waals surface area contributed by atoms with Gasteiger partial charge in [0.15, 0.2) is 0 Å². The van der Waals surface area contributed by atoms with Crippen LogP contribution in [0.4, 0.5) is 11.4 Å². The zero-order valence-electron chi connectivity index (χ0n) is 19.0. The van der Waals surface area contributed by atoms with E-state index in [1.165, 1.54) is 11.1 Å². The molecule has 2 aromatic heterocycles. The molecule has 0 fully saturated rings. The van der Waals surface area contributed by atoms with Gasteiger partial charge in [0.05, 0.1) is 23.6 Å². The highest BCUT2D eigenvalue weighted by atomic mass is 32.1. The summed E-state index contributed by atoms with van der Waals surface area (Å²) >= 11 is 1.64. The highest BCUT2D eigenvalue weighted by Crippen LogP contribution is 2.28. The number of benzene rings is 2. The molecule has 0 bridgehead atoms. The summed E-state index contributed by atoms with van der Waals surface area (Å²) in [4.78, 5) is 15.0. The third-order valence-electron chi connectivity index (χ3n) is 6.23. The van der Waals surface area contributed by atoms with Gasteiger partial charge in [0.25, 0.3) is 0 Å². The van der Waals surface area contributed by atoms with Crippen molar-refractivity contribution in [3.63, 3.8) is 0 Å². The number of nitrogen functional groups attached to an aromatic ring is 1. The second kappa shape index (κ2) is 10.2. The minimum Gasteiger partial charge on any atom is -0.397 e. The zero-order chi connectivity index (χ0) is 23.3. The number of anilines is 2. The molecule has 0 atom stereocenters. The van der Waals surface area contributed by atoms with Crippen molar-refractivity contribution in [3.05, 3.63) is 82.3 Å². The third-order valence-corrected chi connectivity index (χ3v) is 6.91. The van der Waals surface area contributed by atoms with Crippen LogP contribution in [0.25, 0.3) is 11.1 Å². The highest BCUT2D eigenvalue weighted by Gasteiger charge is 2.16. The van der Waals surface area contributed by atoms with Gasteiger partial charge < -0.3 is 11.1 Å². The molecule has 4 aromatic rings. The predicted molar refractivity (Wildman–Crippen MR) is 137 cm³/mol. The molecule has 0 spiro atoms. The minimum atomic E-state index is -0.0873. The molecule has 0 saturated heterocycles. The van der Waals surface area contributed by atoms with Crippen LogP contribution in [0.2, 0.25) is 0 Å². The van der Waals surface area contributed by atoms with Gasteiger partial charge in [0.1, 0.15) is 0 Å². The topological polar surface area (TPSA) is 89.1 Å². The standard InChI is InChI=1S/C26H28N6OS/c27-24-7-5-20(22-10-14-34-18-22)15-25(24)28-26(33)8-6-23-17-32(30-29-23)13-12-31-11-9-19-3-1-2-4-21(19)16-31/h1-5,7,10,14-15,17-18H,6,8-9,11-13,16,27H2,(H,28,33). The molecule has 1 aliphatic heterocycles. The molecule has 1 amide bonds. The van der Waals surface area contributed by atoms with E-state index >= 15 is 0 Å². The van der Waals surface area contributed by atoms with Crippen LogP contribution in [-0.4, -0.2) is 38.9 Å². The van der Waals surface area contributed by atoms with E-state index < -0.39 is 0 Å². The van der Waals surface area contributed by atoms with E-state index in [-0.39, 0.29) is 5.91 Å². The van der Waals surface area contributed by atoms with Crippen molar-refractivity contribution in [2.24, 2.45) is 0 Å². The number of carbonyl (C=O) groups is 1. The van der Waals surface area contributed by atoms with Gasteiger partial charge in [-0.25, -0.2) is 0 Å². The number of thiophene rings is 1. The molecule has 0 aliphatic carbocycles. The summed E-state index contributed by atoms with van der Waals surface area (Å²) < 4.78 is 1.87. The summed E-state index contributed by atoms with van der Waals surface area (Å²) in [5.74, 6) is -0.0873. The molecule has 174 valence electrons. The van der Waals surface area contributed by atoms with Crippen molar-refractivity contribution in [1.82, 2.24) is 19.9 Å². The van der Waals surface area contributed by atoms with Crippen molar-refractivity contribution in [2.75, 3.05) is 24.1 Å². The molecule has 3 N–H and O–H groups in total. The van der Waals surface area contributed by atoms with Crippen LogP contribution in [0.3, 0.4) is 0 Å². The monoisotopic (exact) mass is 472 g/mol. The normalized spacial score (nSPS) is 13.5. The molecule has 0 saturated carbocycles. The summed E-state index contributed by atoms with van der Waals surface area (Å²) in [5, 5.41) is 15.5. The Labute approximate surface area is 203 Å². The van der Waals surface area contributed by atoms with E-state index in [0.717, 1.165) is 49.4 Å². The Morgan fingerprint density at radius 3 is 2.82 bits per heavy atom. The SMILES string of the molecule is Nc1ccc(-c2ccsc2)cc1NC(=O)CCc1cn(CCN2CCc3ccccc3C2)nn1. The third kappa shape index (κ3) is 5.35. The first-order valence-corrected chi connectivity index (χ1v) is 12.5. The fraction of sp³-hybridized carbons (Fsp3) is 0.269. The Morgan fingerprint density at radius 1 is 1.09 bits per heavy atom. The van der Waals surface area contributed by atoms with Gasteiger partial charge in [0, 0.05) is 38.7 Å². The largest absolute Gasteiger partial charge is 0.397 e. The fourth-order valence-electron chi connectivity index (χ4n) is 4.28. The summed E-state index contributed by atoms with van der Waals surface area (Å²) in [5.41, 5.74) is 13.1. The Morgan fingerprint density at radius 2 is 1.97 bits per heavy atom. The second-order valence-electron chi connectivity index (χ2n) is 8.63. The van der Waals surface area contributed by atoms with Crippen molar-refractivity contribution >= 4 is 28.6 Å². The Hall–Kier alpha value is -3.49. The Bertz CT molecular complexity index is 1270. The lowest BCUT2D eigenvalue weighted by molar-refractivity contribution is -0.116. The highest BCUT2D eigenvalue weighted by molar-refractivity contribution is 7.08. The number of rotatable bonds is 8. The zero-order valence-corrected chi connectivity index (χ0v) is 19.8. The van der Waals surface area contributed by atoms with Gasteiger partial charge in [-0.15, -0.1) is 5.10 Å². The first-order valence-electron chi connectivity index (χ1n) is 11.5. The van der Waals surface area contributed by atoms with Gasteiger partial charge in [-0.3, -0.25) is 14.4 Å². The van der Waals surface area contributed by atoms with Gasteiger partial charge >= 0.3 is 0 Å². The minimum absolute atomic E-state index is 0.0873. The van der Waals surface area contributed by atoms with Crippen molar-refractivity contribution in [3.8, 4) is 11.1 Å². The van der Waals surface area contributed by atoms with Crippen molar-refractivity contribution in [2.45, 2.75) is 32.4 Å². The van der Waals surface area contributed by atoms with E-state index in [2.05, 4.69) is 56.2 Å². The maximum absolute atomic E-state index is 12.5. The van der Waals surface area contributed by atoms with E-state index in [1.807, 2.05) is 34.5 Å². The van der Waals surface area contributed by atoms with Crippen LogP contribution in [-0.2, 0) is 30.7 Å². The number of aryl methyl sites for hydroxylation is 1. The van der Waals surface area contributed by atoms with Crippen molar-refractivity contribution < 1.29 is 4.79 Å². The van der Waals surface area contributed by atoms with Gasteiger partial charge in [-0.05, 0) is 57.6 Å². The van der Waals surface area contributed by atoms with Crippen LogP contribution in [0.5, 0.6) is 0 Å². The van der Waals surface area contributed by atoms with Gasteiger partial charge in [0.2, 0.25) is 5.91 Å². The van der Waals surface area contributed by atoms with E-state index in [0.29, 0.717) is 24.2 Å². The molecular formula is C26H28N6OS. The fourth-order valence-corrected chi connectivity index (χ4v) is 4.94. The van der Waals surface area contributed by atoms with Crippen LogP contribution < -0.4 is 11.1 Å². The maximum atomic E-state index is 12.5. The number of fused-ring (bicyclic) bond motifs is 1. The Kier molecular flexibility index (Phi) is 6.69. The number of nitrogens with two attached hydrogens (primary N) is 1. The molecule has 1 aliphatic rings. The summed E-state index contributed by atoms with van der Waals surface area (Å²) in [7, 11) is 0. The van der Waals surface area contributed by atoms with Crippen LogP contribution >= 0.6 is 11.3 Å². The van der Waals surface area contributed by atoms with E-state index in [4.69, 9.17) is 5.73 Å². The number of amides is 1. The molecule has 3 heterocycles. The van der Waals surface area contributed by atoms with Crippen LogP contribution in [0.1, 0.15) is 23.2 Å². The van der Waals surface area contributed by atoms with Crippen LogP contribution in [0.15, 0.2) is 65.5 Å². The average molecular weight is 473 g/mol. The number of nitrogens with zero attached hydrogens (tertiary/aromatic N) is 4. The number of carbonyl (C=O) groups excluding carboxylic acids is 1. The first kappa shape index (κ1) is 22.3. The maximum Gasteiger partial charge on any atom is 0.224 e. The predicted octanol–water partition coefficient (Wildman–Crippen LogP) is 4.22. The molecule has 7 nitrogen and oxygen atoms in total. The Balaban J connectivity index is 1.10. The smallest absolute Gasteiger partial charge is 0.224 e. The lowest BCUT2D eigenvalue weighted by atomic mass is 10.00. The lowest BCUT2D eigenvalue weighted by Crippen LogP contribution is -2.33. The number of hydrogen-bond acceptors (Lipinski definition) is 6. The lowest BCUT2D eigenvalue weighted by Gasteiger charge is -2.28. The molecular weight excluding hydrogens is 444 g/mol. The second-order valence-corrected chi connectivity index (χ2v) is 9.41. The number of hydrogen-bond donors (Lipinski definition) is 2. The summed E-state index contributed by atoms with van der Waals surface area (Å²) in [6, 6.07) is 16.4. The molecule has 0 radical (unpaired) electrons. The number of aromatic nitrogens is 3. The van der Waals surface area contributed by atoms with E-state index in [9.17, 15) is 4.79 Å².